The number of benzene rings is 4. The highest BCUT2D eigenvalue weighted by Gasteiger charge is 2.23. The Labute approximate surface area is 208 Å². The van der Waals surface area contributed by atoms with E-state index in [4.69, 9.17) is 14.4 Å². The highest BCUT2D eigenvalue weighted by Crippen LogP contribution is 2.40. The predicted octanol–water partition coefficient (Wildman–Crippen LogP) is 8.44. The standard InChI is InChI=1S/C32H25N3O/c1-32(2,3)27-19-18-26-31(34-27)35(21-11-5-4-6-12-21)30(33-26)25-15-9-14-23-24-17-16-20-10-7-8-13-22(20)28(24)36-29(23)25/h4-19H,1-3H3. The maximum absolute atomic E-state index is 6.64. The minimum atomic E-state index is -0.0695. The van der Waals surface area contributed by atoms with E-state index in [1.165, 1.54) is 5.39 Å². The van der Waals surface area contributed by atoms with Crippen LogP contribution in [0.3, 0.4) is 0 Å². The SMILES string of the molecule is CC(C)(C)c1ccc2nc(-c3cccc4c3oc3c5ccccc5ccc43)n(-c3ccccc3)c2n1. The van der Waals surface area contributed by atoms with E-state index in [0.29, 0.717) is 0 Å². The fraction of sp³-hybridized carbons (Fsp3) is 0.125. The molecule has 0 aliphatic heterocycles. The summed E-state index contributed by atoms with van der Waals surface area (Å²) in [4.78, 5) is 10.2. The molecule has 0 N–H and O–H groups in total. The number of hydrogen-bond donors (Lipinski definition) is 0. The quantitative estimate of drug-likeness (QED) is 0.256. The molecule has 7 aromatic rings. The lowest BCUT2D eigenvalue weighted by Crippen LogP contribution is -2.13. The van der Waals surface area contributed by atoms with Gasteiger partial charge >= 0.3 is 0 Å². The molecule has 36 heavy (non-hydrogen) atoms. The topological polar surface area (TPSA) is 43.9 Å². The number of para-hydroxylation sites is 2. The number of hydrogen-bond acceptors (Lipinski definition) is 3. The van der Waals surface area contributed by atoms with E-state index in [1.54, 1.807) is 0 Å². The summed E-state index contributed by atoms with van der Waals surface area (Å²) in [6.45, 7) is 6.56. The molecule has 0 saturated heterocycles. The van der Waals surface area contributed by atoms with Crippen LogP contribution in [0.4, 0.5) is 0 Å². The van der Waals surface area contributed by atoms with Crippen molar-refractivity contribution >= 4 is 43.9 Å². The number of aromatic nitrogens is 3. The fourth-order valence-corrected chi connectivity index (χ4v) is 5.08. The van der Waals surface area contributed by atoms with Crippen LogP contribution >= 0.6 is 0 Å². The van der Waals surface area contributed by atoms with Crippen molar-refractivity contribution in [1.82, 2.24) is 14.5 Å². The van der Waals surface area contributed by atoms with Crippen LogP contribution in [0.15, 0.2) is 101 Å². The molecule has 0 saturated carbocycles. The Morgan fingerprint density at radius 3 is 2.22 bits per heavy atom. The Balaban J connectivity index is 1.58. The Hall–Kier alpha value is -4.44. The highest BCUT2D eigenvalue weighted by atomic mass is 16.3. The molecule has 0 atom stereocenters. The third-order valence-corrected chi connectivity index (χ3v) is 6.92. The van der Waals surface area contributed by atoms with Gasteiger partial charge in [0.2, 0.25) is 0 Å². The average molecular weight is 468 g/mol. The van der Waals surface area contributed by atoms with E-state index >= 15 is 0 Å². The Kier molecular flexibility index (Phi) is 4.37. The van der Waals surface area contributed by atoms with Crippen LogP contribution in [0.1, 0.15) is 26.5 Å². The van der Waals surface area contributed by atoms with Crippen LogP contribution < -0.4 is 0 Å². The third kappa shape index (κ3) is 3.07. The molecule has 4 nitrogen and oxygen atoms in total. The summed E-state index contributed by atoms with van der Waals surface area (Å²) in [6.07, 6.45) is 0. The van der Waals surface area contributed by atoms with Gasteiger partial charge in [-0.15, -0.1) is 0 Å². The zero-order valence-electron chi connectivity index (χ0n) is 20.5. The summed E-state index contributed by atoms with van der Waals surface area (Å²) < 4.78 is 8.80. The summed E-state index contributed by atoms with van der Waals surface area (Å²) >= 11 is 0. The summed E-state index contributed by atoms with van der Waals surface area (Å²) in [5, 5.41) is 4.48. The maximum Gasteiger partial charge on any atom is 0.165 e. The van der Waals surface area contributed by atoms with Crippen LogP contribution in [0, 0.1) is 0 Å². The van der Waals surface area contributed by atoms with Gasteiger partial charge in [0.25, 0.3) is 0 Å². The second-order valence-electron chi connectivity index (χ2n) is 10.3. The number of furan rings is 1. The van der Waals surface area contributed by atoms with Crippen molar-refractivity contribution in [2.45, 2.75) is 26.2 Å². The molecule has 0 aliphatic carbocycles. The number of fused-ring (bicyclic) bond motifs is 6. The van der Waals surface area contributed by atoms with Crippen molar-refractivity contribution in [2.75, 3.05) is 0 Å². The second kappa shape index (κ2) is 7.53. The monoisotopic (exact) mass is 467 g/mol. The van der Waals surface area contributed by atoms with Crippen molar-refractivity contribution in [3.63, 3.8) is 0 Å². The molecule has 3 heterocycles. The smallest absolute Gasteiger partial charge is 0.165 e. The van der Waals surface area contributed by atoms with E-state index in [0.717, 1.165) is 61.3 Å². The van der Waals surface area contributed by atoms with Crippen LogP contribution in [0.5, 0.6) is 0 Å². The zero-order valence-corrected chi connectivity index (χ0v) is 20.5. The molecule has 7 rings (SSSR count). The van der Waals surface area contributed by atoms with Crippen molar-refractivity contribution in [3.05, 3.63) is 103 Å². The fourth-order valence-electron chi connectivity index (χ4n) is 5.08. The summed E-state index contributed by atoms with van der Waals surface area (Å²) in [5.41, 5.74) is 6.40. The Morgan fingerprint density at radius 1 is 0.639 bits per heavy atom. The molecule has 4 heteroatoms. The van der Waals surface area contributed by atoms with Crippen LogP contribution in [0.25, 0.3) is 61.0 Å². The number of pyridine rings is 1. The largest absolute Gasteiger partial charge is 0.455 e. The average Bonchev–Trinajstić information content (AvgIpc) is 3.47. The van der Waals surface area contributed by atoms with Crippen molar-refractivity contribution < 1.29 is 4.42 Å². The zero-order chi connectivity index (χ0) is 24.4. The molecule has 174 valence electrons. The van der Waals surface area contributed by atoms with Gasteiger partial charge in [-0.1, -0.05) is 81.4 Å². The lowest BCUT2D eigenvalue weighted by atomic mass is 9.92. The molecule has 3 aromatic heterocycles. The Morgan fingerprint density at radius 2 is 1.39 bits per heavy atom. The first-order chi connectivity index (χ1) is 17.5. The number of imidazole rings is 1. The van der Waals surface area contributed by atoms with E-state index in [1.807, 2.05) is 18.2 Å². The van der Waals surface area contributed by atoms with Gasteiger partial charge in [-0.2, -0.15) is 0 Å². The minimum absolute atomic E-state index is 0.0695. The Bertz CT molecular complexity index is 1920. The molecule has 0 amide bonds. The first-order valence-corrected chi connectivity index (χ1v) is 12.3. The molecule has 0 aliphatic rings. The van der Waals surface area contributed by atoms with Gasteiger partial charge in [-0.3, -0.25) is 4.57 Å². The maximum atomic E-state index is 6.64. The van der Waals surface area contributed by atoms with E-state index in [-0.39, 0.29) is 5.41 Å². The van der Waals surface area contributed by atoms with Crippen LogP contribution in [-0.4, -0.2) is 14.5 Å². The van der Waals surface area contributed by atoms with Crippen molar-refractivity contribution in [3.8, 4) is 17.1 Å². The molecular formula is C32H25N3O. The number of nitrogens with zero attached hydrogens (tertiary/aromatic N) is 3. The molecule has 0 bridgehead atoms. The molecule has 4 aromatic carbocycles. The van der Waals surface area contributed by atoms with Gasteiger partial charge in [-0.05, 0) is 41.8 Å². The van der Waals surface area contributed by atoms with Crippen molar-refractivity contribution in [1.29, 1.82) is 0 Å². The highest BCUT2D eigenvalue weighted by molar-refractivity contribution is 6.17. The van der Waals surface area contributed by atoms with Crippen molar-refractivity contribution in [2.24, 2.45) is 0 Å². The van der Waals surface area contributed by atoms with Gasteiger partial charge < -0.3 is 4.42 Å². The summed E-state index contributed by atoms with van der Waals surface area (Å²) in [5.74, 6) is 0.823. The summed E-state index contributed by atoms with van der Waals surface area (Å²) in [6, 6.07) is 33.5. The second-order valence-corrected chi connectivity index (χ2v) is 10.3. The van der Waals surface area contributed by atoms with E-state index in [9.17, 15) is 0 Å². The van der Waals surface area contributed by atoms with E-state index < -0.39 is 0 Å². The molecular weight excluding hydrogens is 442 g/mol. The third-order valence-electron chi connectivity index (χ3n) is 6.92. The van der Waals surface area contributed by atoms with Gasteiger partial charge in [-0.25, -0.2) is 9.97 Å². The molecule has 0 spiro atoms. The molecule has 0 fully saturated rings. The lowest BCUT2D eigenvalue weighted by Gasteiger charge is -2.17. The first kappa shape index (κ1) is 20.9. The molecule has 0 unspecified atom stereocenters. The van der Waals surface area contributed by atoms with Gasteiger partial charge in [0.15, 0.2) is 11.5 Å². The lowest BCUT2D eigenvalue weighted by molar-refractivity contribution is 0.571. The van der Waals surface area contributed by atoms with Gasteiger partial charge in [0.05, 0.1) is 5.56 Å². The molecule has 0 radical (unpaired) electrons. The van der Waals surface area contributed by atoms with E-state index in [2.05, 4.69) is 104 Å². The first-order valence-electron chi connectivity index (χ1n) is 12.3. The predicted molar refractivity (Wildman–Crippen MR) is 148 cm³/mol. The normalized spacial score (nSPS) is 12.3. The summed E-state index contributed by atoms with van der Waals surface area (Å²) in [7, 11) is 0. The van der Waals surface area contributed by atoms with Crippen LogP contribution in [-0.2, 0) is 5.41 Å². The van der Waals surface area contributed by atoms with Crippen LogP contribution in [0.2, 0.25) is 0 Å². The van der Waals surface area contributed by atoms with Gasteiger partial charge in [0, 0.05) is 33.0 Å². The number of rotatable bonds is 2. The van der Waals surface area contributed by atoms with Gasteiger partial charge in [0.1, 0.15) is 16.7 Å². The minimum Gasteiger partial charge on any atom is -0.455 e.